The van der Waals surface area contributed by atoms with Crippen LogP contribution in [0.1, 0.15) is 18.9 Å². The Morgan fingerprint density at radius 1 is 1.29 bits per heavy atom. The highest BCUT2D eigenvalue weighted by atomic mass is 79.9. The van der Waals surface area contributed by atoms with Crippen molar-refractivity contribution in [3.05, 3.63) is 33.2 Å². The standard InChI is InChI=1S/C11H12Br2O/c1-2-7-14-10-5-3-9(4-6-10)8-11(12)13/h3-6,8H,2,7H2,1H3. The number of ether oxygens (including phenoxy) is 1. The average Bonchev–Trinajstić information content (AvgIpc) is 2.16. The van der Waals surface area contributed by atoms with Crippen molar-refractivity contribution in [1.29, 1.82) is 0 Å². The van der Waals surface area contributed by atoms with Crippen molar-refractivity contribution in [2.45, 2.75) is 13.3 Å². The van der Waals surface area contributed by atoms with E-state index in [1.165, 1.54) is 0 Å². The molecule has 0 amide bonds. The van der Waals surface area contributed by atoms with Gasteiger partial charge in [0.15, 0.2) is 0 Å². The van der Waals surface area contributed by atoms with Gasteiger partial charge in [-0.3, -0.25) is 0 Å². The average molecular weight is 320 g/mol. The van der Waals surface area contributed by atoms with Crippen LogP contribution >= 0.6 is 31.9 Å². The second-order valence-corrected chi connectivity index (χ2v) is 5.62. The van der Waals surface area contributed by atoms with Gasteiger partial charge in [0, 0.05) is 0 Å². The van der Waals surface area contributed by atoms with E-state index in [0.29, 0.717) is 0 Å². The number of hydrogen-bond acceptors (Lipinski definition) is 1. The van der Waals surface area contributed by atoms with Gasteiger partial charge < -0.3 is 4.74 Å². The molecule has 0 heterocycles. The van der Waals surface area contributed by atoms with Crippen LogP contribution in [0.2, 0.25) is 0 Å². The van der Waals surface area contributed by atoms with E-state index in [1.807, 2.05) is 30.3 Å². The highest BCUT2D eigenvalue weighted by molar-refractivity contribution is 9.28. The summed E-state index contributed by atoms with van der Waals surface area (Å²) >= 11 is 6.64. The zero-order chi connectivity index (χ0) is 10.4. The molecule has 0 aliphatic heterocycles. The third-order valence-corrected chi connectivity index (χ3v) is 2.09. The molecule has 0 aliphatic carbocycles. The molecule has 0 aromatic heterocycles. The molecule has 0 saturated carbocycles. The fraction of sp³-hybridized carbons (Fsp3) is 0.273. The second-order valence-electron chi connectivity index (χ2n) is 2.85. The van der Waals surface area contributed by atoms with E-state index < -0.39 is 0 Å². The number of hydrogen-bond donors (Lipinski definition) is 0. The summed E-state index contributed by atoms with van der Waals surface area (Å²) < 4.78 is 6.41. The van der Waals surface area contributed by atoms with E-state index in [0.717, 1.165) is 27.7 Å². The van der Waals surface area contributed by atoms with Gasteiger partial charge in [-0.2, -0.15) is 0 Å². The first kappa shape index (κ1) is 11.8. The number of benzene rings is 1. The van der Waals surface area contributed by atoms with Gasteiger partial charge in [-0.1, -0.05) is 19.1 Å². The first-order valence-corrected chi connectivity index (χ1v) is 6.06. The minimum Gasteiger partial charge on any atom is -0.494 e. The Kier molecular flexibility index (Phi) is 5.26. The Morgan fingerprint density at radius 2 is 1.93 bits per heavy atom. The van der Waals surface area contributed by atoms with Gasteiger partial charge in [-0.25, -0.2) is 0 Å². The predicted molar refractivity (Wildman–Crippen MR) is 68.1 cm³/mol. The molecule has 1 aromatic carbocycles. The summed E-state index contributed by atoms with van der Waals surface area (Å²) in [4.78, 5) is 0. The van der Waals surface area contributed by atoms with E-state index >= 15 is 0 Å². The fourth-order valence-corrected chi connectivity index (χ4v) is 1.53. The predicted octanol–water partition coefficient (Wildman–Crippen LogP) is 4.56. The number of halogens is 2. The zero-order valence-corrected chi connectivity index (χ0v) is 11.1. The van der Waals surface area contributed by atoms with Crippen LogP contribution in [-0.4, -0.2) is 6.61 Å². The van der Waals surface area contributed by atoms with Gasteiger partial charge in [-0.15, -0.1) is 0 Å². The molecular weight excluding hydrogens is 308 g/mol. The van der Waals surface area contributed by atoms with Crippen molar-refractivity contribution in [1.82, 2.24) is 0 Å². The van der Waals surface area contributed by atoms with Crippen molar-refractivity contribution < 1.29 is 4.74 Å². The third kappa shape index (κ3) is 4.29. The Bertz CT molecular complexity index is 300. The minimum absolute atomic E-state index is 0.775. The van der Waals surface area contributed by atoms with Gasteiger partial charge >= 0.3 is 0 Å². The maximum atomic E-state index is 5.47. The maximum absolute atomic E-state index is 5.47. The van der Waals surface area contributed by atoms with E-state index in [4.69, 9.17) is 4.74 Å². The van der Waals surface area contributed by atoms with E-state index in [-0.39, 0.29) is 0 Å². The molecule has 0 aliphatic rings. The van der Waals surface area contributed by atoms with Crippen LogP contribution in [0.4, 0.5) is 0 Å². The Hall–Kier alpha value is -0.280. The van der Waals surface area contributed by atoms with Crippen molar-refractivity contribution in [2.75, 3.05) is 6.61 Å². The highest BCUT2D eigenvalue weighted by Crippen LogP contribution is 2.20. The van der Waals surface area contributed by atoms with Gasteiger partial charge in [0.2, 0.25) is 0 Å². The Labute approximate surface area is 101 Å². The Morgan fingerprint density at radius 3 is 2.43 bits per heavy atom. The molecule has 0 unspecified atom stereocenters. The van der Waals surface area contributed by atoms with Crippen LogP contribution in [0.5, 0.6) is 5.75 Å². The summed E-state index contributed by atoms with van der Waals surface area (Å²) in [7, 11) is 0. The SMILES string of the molecule is CCCOc1ccc(C=C(Br)Br)cc1. The van der Waals surface area contributed by atoms with Crippen molar-refractivity contribution in [2.24, 2.45) is 0 Å². The monoisotopic (exact) mass is 318 g/mol. The molecule has 0 atom stereocenters. The van der Waals surface area contributed by atoms with E-state index in [2.05, 4.69) is 38.8 Å². The van der Waals surface area contributed by atoms with E-state index in [9.17, 15) is 0 Å². The van der Waals surface area contributed by atoms with Gasteiger partial charge in [0.1, 0.15) is 5.75 Å². The number of rotatable bonds is 4. The molecule has 76 valence electrons. The largest absolute Gasteiger partial charge is 0.494 e. The lowest BCUT2D eigenvalue weighted by Gasteiger charge is -2.03. The lowest BCUT2D eigenvalue weighted by Crippen LogP contribution is -1.94. The fourth-order valence-electron chi connectivity index (χ4n) is 1.01. The molecule has 0 fully saturated rings. The van der Waals surface area contributed by atoms with Gasteiger partial charge in [0.05, 0.1) is 10.00 Å². The quantitative estimate of drug-likeness (QED) is 0.790. The van der Waals surface area contributed by atoms with E-state index in [1.54, 1.807) is 0 Å². The normalized spacial score (nSPS) is 9.64. The molecule has 0 N–H and O–H groups in total. The lowest BCUT2D eigenvalue weighted by atomic mass is 10.2. The second kappa shape index (κ2) is 6.25. The summed E-state index contributed by atoms with van der Waals surface area (Å²) in [5, 5.41) is 0. The first-order valence-electron chi connectivity index (χ1n) is 4.48. The molecule has 0 saturated heterocycles. The van der Waals surface area contributed by atoms with Crippen molar-refractivity contribution in [3.8, 4) is 5.75 Å². The molecule has 0 spiro atoms. The van der Waals surface area contributed by atoms with Gasteiger partial charge in [0.25, 0.3) is 0 Å². The van der Waals surface area contributed by atoms with Crippen LogP contribution in [-0.2, 0) is 0 Å². The van der Waals surface area contributed by atoms with Crippen LogP contribution < -0.4 is 4.74 Å². The van der Waals surface area contributed by atoms with Crippen LogP contribution in [0.25, 0.3) is 6.08 Å². The summed E-state index contributed by atoms with van der Waals surface area (Å²) in [6.07, 6.45) is 3.03. The smallest absolute Gasteiger partial charge is 0.119 e. The zero-order valence-electron chi connectivity index (χ0n) is 7.97. The maximum Gasteiger partial charge on any atom is 0.119 e. The molecule has 0 radical (unpaired) electrons. The van der Waals surface area contributed by atoms with Crippen molar-refractivity contribution >= 4 is 37.9 Å². The third-order valence-electron chi connectivity index (χ3n) is 1.63. The minimum atomic E-state index is 0.775. The molecule has 14 heavy (non-hydrogen) atoms. The molecule has 3 heteroatoms. The summed E-state index contributed by atoms with van der Waals surface area (Å²) in [6.45, 7) is 2.87. The van der Waals surface area contributed by atoms with Crippen LogP contribution in [0, 0.1) is 0 Å². The lowest BCUT2D eigenvalue weighted by molar-refractivity contribution is 0.317. The molecule has 0 bridgehead atoms. The Balaban J connectivity index is 2.64. The summed E-state index contributed by atoms with van der Waals surface area (Å²) in [6, 6.07) is 8.00. The molecule has 1 rings (SSSR count). The molecular formula is C11H12Br2O. The summed E-state index contributed by atoms with van der Waals surface area (Å²) in [5.74, 6) is 0.926. The molecule has 1 aromatic rings. The van der Waals surface area contributed by atoms with Crippen LogP contribution in [0.3, 0.4) is 0 Å². The van der Waals surface area contributed by atoms with Crippen molar-refractivity contribution in [3.63, 3.8) is 0 Å². The first-order chi connectivity index (χ1) is 6.72. The highest BCUT2D eigenvalue weighted by Gasteiger charge is 1.93. The topological polar surface area (TPSA) is 9.23 Å². The summed E-state index contributed by atoms with van der Waals surface area (Å²) in [5.41, 5.74) is 1.14. The van der Waals surface area contributed by atoms with Crippen LogP contribution in [0.15, 0.2) is 27.7 Å². The molecule has 1 nitrogen and oxygen atoms in total. The van der Waals surface area contributed by atoms with Gasteiger partial charge in [-0.05, 0) is 62.1 Å².